The Hall–Kier alpha value is -2.28. The van der Waals surface area contributed by atoms with Gasteiger partial charge in [-0.1, -0.05) is 42.4 Å². The number of piperidine rings is 1. The van der Waals surface area contributed by atoms with E-state index in [0.717, 1.165) is 55.0 Å². The Morgan fingerprint density at radius 1 is 1.07 bits per heavy atom. The smallest absolute Gasteiger partial charge is 0.286 e. The Labute approximate surface area is 169 Å². The number of nitrogens with zero attached hydrogens (tertiary/aromatic N) is 3. The fraction of sp³-hybridized carbons (Fsp3) is 0.524. The van der Waals surface area contributed by atoms with Crippen LogP contribution in [-0.4, -0.2) is 40.0 Å². The van der Waals surface area contributed by atoms with Gasteiger partial charge in [-0.3, -0.25) is 9.59 Å². The highest BCUT2D eigenvalue weighted by molar-refractivity contribution is 7.13. The number of carbonyl (C=O) groups excluding carboxylic acids is 2. The highest BCUT2D eigenvalue weighted by Gasteiger charge is 2.31. The van der Waals surface area contributed by atoms with Gasteiger partial charge in [0.15, 0.2) is 0 Å². The number of benzene rings is 1. The monoisotopic (exact) mass is 398 g/mol. The van der Waals surface area contributed by atoms with Crippen molar-refractivity contribution < 1.29 is 9.59 Å². The van der Waals surface area contributed by atoms with E-state index in [4.69, 9.17) is 0 Å². The van der Waals surface area contributed by atoms with Crippen LogP contribution in [0, 0.1) is 12.8 Å². The predicted molar refractivity (Wildman–Crippen MR) is 110 cm³/mol. The summed E-state index contributed by atoms with van der Waals surface area (Å²) >= 11 is 1.37. The maximum absolute atomic E-state index is 12.6. The van der Waals surface area contributed by atoms with Gasteiger partial charge in [-0.2, -0.15) is 0 Å². The van der Waals surface area contributed by atoms with E-state index in [1.54, 1.807) is 0 Å². The lowest BCUT2D eigenvalue weighted by atomic mass is 9.96. The Morgan fingerprint density at radius 2 is 1.79 bits per heavy atom. The topological polar surface area (TPSA) is 75.2 Å². The summed E-state index contributed by atoms with van der Waals surface area (Å²) in [4.78, 5) is 27.1. The minimum absolute atomic E-state index is 0.216. The van der Waals surface area contributed by atoms with Gasteiger partial charge in [-0.25, -0.2) is 0 Å². The summed E-state index contributed by atoms with van der Waals surface area (Å²) in [5.74, 6) is 0.651. The molecule has 2 heterocycles. The molecule has 1 saturated heterocycles. The number of anilines is 1. The molecule has 0 spiro atoms. The largest absolute Gasteiger partial charge is 0.342 e. The van der Waals surface area contributed by atoms with Crippen molar-refractivity contribution in [3.05, 3.63) is 39.8 Å². The molecule has 1 aromatic carbocycles. The summed E-state index contributed by atoms with van der Waals surface area (Å²) in [6.07, 6.45) is 6.26. The Bertz CT molecular complexity index is 852. The first kappa shape index (κ1) is 19.1. The van der Waals surface area contributed by atoms with E-state index >= 15 is 0 Å². The molecular formula is C21H26N4O2S. The second-order valence-electron chi connectivity index (χ2n) is 7.80. The number of carbonyl (C=O) groups is 2. The molecule has 1 aliphatic carbocycles. The molecule has 0 unspecified atom stereocenters. The molecule has 148 valence electrons. The summed E-state index contributed by atoms with van der Waals surface area (Å²) in [5, 5.41) is 12.6. The lowest BCUT2D eigenvalue weighted by molar-refractivity contribution is -0.136. The number of nitrogens with one attached hydrogen (secondary N) is 1. The molecule has 2 aliphatic rings. The zero-order chi connectivity index (χ0) is 19.5. The Kier molecular flexibility index (Phi) is 5.71. The fourth-order valence-corrected chi connectivity index (χ4v) is 5.07. The minimum atomic E-state index is -0.216. The SMILES string of the molecule is Cc1ccccc1NC(=O)c1nnc(C2CCN(C(=O)C3CCCC3)CC2)s1. The molecule has 0 bridgehead atoms. The van der Waals surface area contributed by atoms with Crippen LogP contribution in [0.3, 0.4) is 0 Å². The van der Waals surface area contributed by atoms with Crippen LogP contribution in [0.5, 0.6) is 0 Å². The van der Waals surface area contributed by atoms with Gasteiger partial charge in [-0.15, -0.1) is 10.2 Å². The lowest BCUT2D eigenvalue weighted by Gasteiger charge is -2.32. The van der Waals surface area contributed by atoms with E-state index in [2.05, 4.69) is 15.5 Å². The van der Waals surface area contributed by atoms with E-state index in [-0.39, 0.29) is 17.7 Å². The number of likely N-dealkylation sites (tertiary alicyclic amines) is 1. The van der Waals surface area contributed by atoms with Crippen LogP contribution in [-0.2, 0) is 4.79 Å². The number of aromatic nitrogens is 2. The first-order valence-electron chi connectivity index (χ1n) is 10.1. The molecule has 2 aromatic rings. The van der Waals surface area contributed by atoms with Crippen LogP contribution >= 0.6 is 11.3 Å². The fourth-order valence-electron chi connectivity index (χ4n) is 4.16. The third-order valence-electron chi connectivity index (χ3n) is 5.89. The zero-order valence-corrected chi connectivity index (χ0v) is 17.0. The van der Waals surface area contributed by atoms with Crippen LogP contribution < -0.4 is 5.32 Å². The van der Waals surface area contributed by atoms with Crippen molar-refractivity contribution >= 4 is 28.8 Å². The summed E-state index contributed by atoms with van der Waals surface area (Å²) in [6, 6.07) is 7.68. The van der Waals surface area contributed by atoms with Crippen molar-refractivity contribution in [2.24, 2.45) is 5.92 Å². The number of hydrogen-bond acceptors (Lipinski definition) is 5. The molecule has 7 heteroatoms. The molecule has 2 amide bonds. The van der Waals surface area contributed by atoms with E-state index < -0.39 is 0 Å². The van der Waals surface area contributed by atoms with Gasteiger partial charge in [0.05, 0.1) is 0 Å². The highest BCUT2D eigenvalue weighted by Crippen LogP contribution is 2.33. The molecule has 1 aliphatic heterocycles. The Balaban J connectivity index is 1.34. The van der Waals surface area contributed by atoms with E-state index in [1.807, 2.05) is 36.1 Å². The van der Waals surface area contributed by atoms with Crippen LogP contribution in [0.1, 0.15) is 64.8 Å². The molecule has 6 nitrogen and oxygen atoms in total. The van der Waals surface area contributed by atoms with Gasteiger partial charge >= 0.3 is 0 Å². The van der Waals surface area contributed by atoms with E-state index in [9.17, 15) is 9.59 Å². The van der Waals surface area contributed by atoms with Gasteiger partial charge in [0.25, 0.3) is 5.91 Å². The zero-order valence-electron chi connectivity index (χ0n) is 16.2. The molecule has 4 rings (SSSR count). The summed E-state index contributed by atoms with van der Waals surface area (Å²) in [5.41, 5.74) is 1.81. The lowest BCUT2D eigenvalue weighted by Crippen LogP contribution is -2.40. The molecule has 1 N–H and O–H groups in total. The van der Waals surface area contributed by atoms with Gasteiger partial charge in [0, 0.05) is 30.6 Å². The molecule has 0 atom stereocenters. The maximum atomic E-state index is 12.6. The van der Waals surface area contributed by atoms with Crippen molar-refractivity contribution in [2.75, 3.05) is 18.4 Å². The van der Waals surface area contributed by atoms with Crippen LogP contribution in [0.25, 0.3) is 0 Å². The number of rotatable bonds is 4. The normalized spacial score (nSPS) is 18.4. The predicted octanol–water partition coefficient (Wildman–Crippen LogP) is 4.00. The molecular weight excluding hydrogens is 372 g/mol. The van der Waals surface area contributed by atoms with Crippen molar-refractivity contribution in [1.29, 1.82) is 0 Å². The average Bonchev–Trinajstić information content (AvgIpc) is 3.42. The molecule has 2 fully saturated rings. The first-order valence-corrected chi connectivity index (χ1v) is 10.9. The molecule has 1 aromatic heterocycles. The van der Waals surface area contributed by atoms with Gasteiger partial charge < -0.3 is 10.2 Å². The molecule has 0 radical (unpaired) electrons. The average molecular weight is 399 g/mol. The van der Waals surface area contributed by atoms with Gasteiger partial charge in [-0.05, 0) is 44.2 Å². The summed E-state index contributed by atoms with van der Waals surface area (Å²) in [7, 11) is 0. The van der Waals surface area contributed by atoms with Crippen LogP contribution in [0.15, 0.2) is 24.3 Å². The molecule has 1 saturated carbocycles. The Morgan fingerprint density at radius 3 is 2.50 bits per heavy atom. The van der Waals surface area contributed by atoms with Gasteiger partial charge in [0.1, 0.15) is 5.01 Å². The number of amides is 2. The van der Waals surface area contributed by atoms with E-state index in [0.29, 0.717) is 10.9 Å². The third-order valence-corrected chi connectivity index (χ3v) is 6.97. The second kappa shape index (κ2) is 8.39. The second-order valence-corrected chi connectivity index (χ2v) is 8.80. The quantitative estimate of drug-likeness (QED) is 0.845. The van der Waals surface area contributed by atoms with Crippen molar-refractivity contribution in [3.63, 3.8) is 0 Å². The van der Waals surface area contributed by atoms with Crippen molar-refractivity contribution in [1.82, 2.24) is 15.1 Å². The minimum Gasteiger partial charge on any atom is -0.342 e. The molecule has 28 heavy (non-hydrogen) atoms. The van der Waals surface area contributed by atoms with Crippen molar-refractivity contribution in [2.45, 2.75) is 51.4 Å². The van der Waals surface area contributed by atoms with Crippen LogP contribution in [0.4, 0.5) is 5.69 Å². The number of hydrogen-bond donors (Lipinski definition) is 1. The standard InChI is InChI=1S/C21H26N4O2S/c1-14-6-2-5-9-17(14)22-18(26)20-24-23-19(28-20)15-10-12-25(13-11-15)21(27)16-7-3-4-8-16/h2,5-6,9,15-16H,3-4,7-8,10-13H2,1H3,(H,22,26). The van der Waals surface area contributed by atoms with Crippen molar-refractivity contribution in [3.8, 4) is 0 Å². The maximum Gasteiger partial charge on any atom is 0.286 e. The summed E-state index contributed by atoms with van der Waals surface area (Å²) < 4.78 is 0. The van der Waals surface area contributed by atoms with E-state index in [1.165, 1.54) is 24.2 Å². The van der Waals surface area contributed by atoms with Crippen LogP contribution in [0.2, 0.25) is 0 Å². The number of para-hydroxylation sites is 1. The third kappa shape index (κ3) is 4.09. The number of aryl methyl sites for hydroxylation is 1. The van der Waals surface area contributed by atoms with Gasteiger partial charge in [0.2, 0.25) is 10.9 Å². The highest BCUT2D eigenvalue weighted by atomic mass is 32.1. The first-order chi connectivity index (χ1) is 13.6. The summed E-state index contributed by atoms with van der Waals surface area (Å²) in [6.45, 7) is 3.52.